The zero-order chi connectivity index (χ0) is 22.1. The van der Waals surface area contributed by atoms with Crippen LogP contribution in [-0.4, -0.2) is 53.7 Å². The summed E-state index contributed by atoms with van der Waals surface area (Å²) < 4.78 is 16.3. The van der Waals surface area contributed by atoms with Gasteiger partial charge in [-0.15, -0.1) is 10.2 Å². The van der Waals surface area contributed by atoms with Crippen LogP contribution in [0.15, 0.2) is 51.5 Å². The van der Waals surface area contributed by atoms with Crippen molar-refractivity contribution in [2.75, 3.05) is 31.6 Å². The average molecular weight is 436 g/mol. The molecular formula is C23H24N4O5. The van der Waals surface area contributed by atoms with Crippen LogP contribution in [0.4, 0.5) is 5.69 Å². The summed E-state index contributed by atoms with van der Waals surface area (Å²) in [5.41, 5.74) is 0.757. The lowest BCUT2D eigenvalue weighted by Gasteiger charge is -2.32. The number of anilines is 1. The highest BCUT2D eigenvalue weighted by atomic mass is 16.5. The lowest BCUT2D eigenvalue weighted by molar-refractivity contribution is -0.136. The molecule has 0 saturated carbocycles. The SMILES string of the molecule is COc1cccc(N2CC(C(=O)N3CCC(c4nnc(-c5ccco5)o4)CC3)CC2=O)c1. The maximum absolute atomic E-state index is 13.1. The Morgan fingerprint density at radius 2 is 2.00 bits per heavy atom. The van der Waals surface area contributed by atoms with Gasteiger partial charge in [-0.05, 0) is 37.1 Å². The Morgan fingerprint density at radius 1 is 1.16 bits per heavy atom. The summed E-state index contributed by atoms with van der Waals surface area (Å²) in [6.45, 7) is 1.60. The molecule has 0 spiro atoms. The van der Waals surface area contributed by atoms with Gasteiger partial charge in [0.2, 0.25) is 17.7 Å². The molecule has 32 heavy (non-hydrogen) atoms. The van der Waals surface area contributed by atoms with Crippen LogP contribution in [0.25, 0.3) is 11.7 Å². The Morgan fingerprint density at radius 3 is 2.75 bits per heavy atom. The van der Waals surface area contributed by atoms with Crippen LogP contribution in [-0.2, 0) is 9.59 Å². The second-order valence-corrected chi connectivity index (χ2v) is 8.13. The van der Waals surface area contributed by atoms with Gasteiger partial charge in [-0.2, -0.15) is 0 Å². The van der Waals surface area contributed by atoms with E-state index in [1.807, 2.05) is 29.2 Å². The second-order valence-electron chi connectivity index (χ2n) is 8.13. The minimum atomic E-state index is -0.334. The molecule has 9 nitrogen and oxygen atoms in total. The Labute approximate surface area is 185 Å². The van der Waals surface area contributed by atoms with Crippen molar-refractivity contribution in [2.24, 2.45) is 5.92 Å². The third kappa shape index (κ3) is 3.86. The lowest BCUT2D eigenvalue weighted by atomic mass is 9.95. The maximum atomic E-state index is 13.1. The van der Waals surface area contributed by atoms with Crippen LogP contribution in [0.5, 0.6) is 5.75 Å². The van der Waals surface area contributed by atoms with Crippen LogP contribution in [0.2, 0.25) is 0 Å². The molecule has 4 heterocycles. The molecule has 2 saturated heterocycles. The van der Waals surface area contributed by atoms with Crippen molar-refractivity contribution in [1.82, 2.24) is 15.1 Å². The zero-order valence-electron chi connectivity index (χ0n) is 17.8. The fourth-order valence-corrected chi connectivity index (χ4v) is 4.41. The number of hydrogen-bond donors (Lipinski definition) is 0. The molecule has 1 aromatic carbocycles. The van der Waals surface area contributed by atoms with E-state index in [2.05, 4.69) is 10.2 Å². The molecule has 1 unspecified atom stereocenters. The normalized spacial score (nSPS) is 19.5. The van der Waals surface area contributed by atoms with Crippen LogP contribution >= 0.6 is 0 Å². The first-order valence-corrected chi connectivity index (χ1v) is 10.7. The first kappa shape index (κ1) is 20.3. The van der Waals surface area contributed by atoms with Crippen LogP contribution in [0, 0.1) is 5.92 Å². The molecule has 2 aliphatic heterocycles. The molecule has 2 fully saturated rings. The molecule has 2 aliphatic rings. The quantitative estimate of drug-likeness (QED) is 0.606. The van der Waals surface area contributed by atoms with E-state index in [0.717, 1.165) is 18.5 Å². The van der Waals surface area contributed by atoms with Crippen molar-refractivity contribution in [1.29, 1.82) is 0 Å². The molecule has 0 N–H and O–H groups in total. The Bertz CT molecular complexity index is 1100. The largest absolute Gasteiger partial charge is 0.497 e. The Hall–Kier alpha value is -3.62. The van der Waals surface area contributed by atoms with Crippen molar-refractivity contribution in [2.45, 2.75) is 25.2 Å². The molecular weight excluding hydrogens is 412 g/mol. The highest BCUT2D eigenvalue weighted by Gasteiger charge is 2.38. The monoisotopic (exact) mass is 436 g/mol. The number of hydrogen-bond acceptors (Lipinski definition) is 7. The number of furan rings is 1. The van der Waals surface area contributed by atoms with Gasteiger partial charge >= 0.3 is 0 Å². The van der Waals surface area contributed by atoms with E-state index in [0.29, 0.717) is 42.9 Å². The summed E-state index contributed by atoms with van der Waals surface area (Å²) in [6.07, 6.45) is 3.27. The number of carbonyl (C=O) groups is 2. The average Bonchev–Trinajstić information content (AvgIpc) is 3.59. The van der Waals surface area contributed by atoms with Crippen molar-refractivity contribution in [3.8, 4) is 17.4 Å². The predicted octanol–water partition coefficient (Wildman–Crippen LogP) is 3.10. The van der Waals surface area contributed by atoms with E-state index < -0.39 is 0 Å². The molecule has 0 radical (unpaired) electrons. The Balaban J connectivity index is 1.19. The summed E-state index contributed by atoms with van der Waals surface area (Å²) >= 11 is 0. The second kappa shape index (κ2) is 8.49. The molecule has 0 aliphatic carbocycles. The van der Waals surface area contributed by atoms with Gasteiger partial charge in [0.1, 0.15) is 5.75 Å². The van der Waals surface area contributed by atoms with Gasteiger partial charge in [0.15, 0.2) is 5.76 Å². The number of ether oxygens (including phenoxy) is 1. The van der Waals surface area contributed by atoms with Gasteiger partial charge in [0.05, 0.1) is 19.3 Å². The fourth-order valence-electron chi connectivity index (χ4n) is 4.41. The summed E-state index contributed by atoms with van der Waals surface area (Å²) in [6, 6.07) is 10.9. The fraction of sp³-hybridized carbons (Fsp3) is 0.391. The van der Waals surface area contributed by atoms with Gasteiger partial charge in [0, 0.05) is 43.7 Å². The zero-order valence-corrected chi connectivity index (χ0v) is 17.8. The van der Waals surface area contributed by atoms with E-state index in [1.54, 1.807) is 30.4 Å². The number of benzene rings is 1. The number of aromatic nitrogens is 2. The van der Waals surface area contributed by atoms with E-state index in [1.165, 1.54) is 0 Å². The van der Waals surface area contributed by atoms with Gasteiger partial charge in [-0.1, -0.05) is 6.07 Å². The molecule has 0 bridgehead atoms. The first-order chi connectivity index (χ1) is 15.6. The van der Waals surface area contributed by atoms with Gasteiger partial charge < -0.3 is 23.4 Å². The van der Waals surface area contributed by atoms with E-state index in [4.69, 9.17) is 13.6 Å². The highest BCUT2D eigenvalue weighted by molar-refractivity contribution is 6.00. The Kier molecular flexibility index (Phi) is 5.38. The molecule has 2 aromatic heterocycles. The van der Waals surface area contributed by atoms with Crippen molar-refractivity contribution in [3.63, 3.8) is 0 Å². The summed E-state index contributed by atoms with van der Waals surface area (Å²) in [5, 5.41) is 8.23. The van der Waals surface area contributed by atoms with E-state index in [9.17, 15) is 9.59 Å². The molecule has 2 amide bonds. The molecule has 9 heteroatoms. The van der Waals surface area contributed by atoms with E-state index >= 15 is 0 Å². The number of rotatable bonds is 5. The number of methoxy groups -OCH3 is 1. The van der Waals surface area contributed by atoms with E-state index in [-0.39, 0.29) is 30.1 Å². The van der Waals surface area contributed by atoms with Crippen molar-refractivity contribution < 1.29 is 23.2 Å². The maximum Gasteiger partial charge on any atom is 0.283 e. The molecule has 5 rings (SSSR count). The predicted molar refractivity (Wildman–Crippen MR) is 114 cm³/mol. The number of carbonyl (C=O) groups excluding carboxylic acids is 2. The summed E-state index contributed by atoms with van der Waals surface area (Å²) in [4.78, 5) is 29.2. The third-order valence-corrected chi connectivity index (χ3v) is 6.17. The minimum Gasteiger partial charge on any atom is -0.497 e. The number of amides is 2. The first-order valence-electron chi connectivity index (χ1n) is 10.7. The van der Waals surface area contributed by atoms with Gasteiger partial charge in [-0.25, -0.2) is 0 Å². The molecule has 3 aromatic rings. The minimum absolute atomic E-state index is 0.0315. The van der Waals surface area contributed by atoms with Crippen LogP contribution in [0.1, 0.15) is 31.1 Å². The highest BCUT2D eigenvalue weighted by Crippen LogP contribution is 2.32. The standard InChI is InChI=1S/C23H24N4O5/c1-30-18-5-2-4-17(13-18)27-14-16(12-20(27)28)23(29)26-9-7-15(8-10-26)21-24-25-22(32-21)19-6-3-11-31-19/h2-6,11,13,15-16H,7-10,12,14H2,1H3. The lowest BCUT2D eigenvalue weighted by Crippen LogP contribution is -2.42. The van der Waals surface area contributed by atoms with Crippen LogP contribution < -0.4 is 9.64 Å². The smallest absolute Gasteiger partial charge is 0.283 e. The third-order valence-electron chi connectivity index (χ3n) is 6.17. The van der Waals surface area contributed by atoms with Crippen molar-refractivity contribution >= 4 is 17.5 Å². The molecule has 166 valence electrons. The number of nitrogens with zero attached hydrogens (tertiary/aromatic N) is 4. The van der Waals surface area contributed by atoms with Crippen molar-refractivity contribution in [3.05, 3.63) is 48.6 Å². The number of piperidine rings is 1. The summed E-state index contributed by atoms with van der Waals surface area (Å²) in [7, 11) is 1.59. The molecule has 1 atom stereocenters. The van der Waals surface area contributed by atoms with Gasteiger partial charge in [0.25, 0.3) is 5.89 Å². The number of likely N-dealkylation sites (tertiary alicyclic amines) is 1. The summed E-state index contributed by atoms with van der Waals surface area (Å²) in [5.74, 6) is 1.93. The van der Waals surface area contributed by atoms with Gasteiger partial charge in [-0.3, -0.25) is 9.59 Å². The topological polar surface area (TPSA) is 102 Å². The van der Waals surface area contributed by atoms with Crippen LogP contribution in [0.3, 0.4) is 0 Å².